The molecule has 0 saturated heterocycles. The fourth-order valence-electron chi connectivity index (χ4n) is 3.48. The zero-order chi connectivity index (χ0) is 19.7. The average molecular weight is 377 g/mol. The van der Waals surface area contributed by atoms with Crippen LogP contribution < -0.4 is 0 Å². The molecular weight excluding hydrogens is 353 g/mol. The van der Waals surface area contributed by atoms with Crippen molar-refractivity contribution in [2.75, 3.05) is 0 Å². The van der Waals surface area contributed by atoms with Crippen LogP contribution in [0.2, 0.25) is 0 Å². The topological polar surface area (TPSA) is 38.1 Å². The minimum atomic E-state index is -0.391. The molecule has 1 amide bonds. The molecule has 0 bridgehead atoms. The number of nitrogens with zero attached hydrogens (tertiary/aromatic N) is 3. The van der Waals surface area contributed by atoms with Crippen molar-refractivity contribution in [2.45, 2.75) is 45.8 Å². The SMILES string of the molecule is Cc1ccc(C)c(Cn2ccnc2CN(C(=O)c2cccc(F)c2)C2CC2)c1. The molecule has 2 aromatic carbocycles. The van der Waals surface area contributed by atoms with E-state index >= 15 is 0 Å². The lowest BCUT2D eigenvalue weighted by Gasteiger charge is -2.23. The maximum absolute atomic E-state index is 13.6. The lowest BCUT2D eigenvalue weighted by molar-refractivity contribution is 0.0723. The maximum Gasteiger partial charge on any atom is 0.254 e. The summed E-state index contributed by atoms with van der Waals surface area (Å²) < 4.78 is 15.7. The summed E-state index contributed by atoms with van der Waals surface area (Å²) in [5.74, 6) is 0.318. The van der Waals surface area contributed by atoms with E-state index in [2.05, 4.69) is 41.6 Å². The minimum Gasteiger partial charge on any atom is -0.329 e. The van der Waals surface area contributed by atoms with Crippen molar-refractivity contribution in [2.24, 2.45) is 0 Å². The number of carbonyl (C=O) groups is 1. The van der Waals surface area contributed by atoms with Crippen LogP contribution in [-0.4, -0.2) is 26.4 Å². The smallest absolute Gasteiger partial charge is 0.254 e. The van der Waals surface area contributed by atoms with Gasteiger partial charge in [-0.05, 0) is 56.0 Å². The highest BCUT2D eigenvalue weighted by Gasteiger charge is 2.34. The predicted molar refractivity (Wildman–Crippen MR) is 107 cm³/mol. The number of aryl methyl sites for hydroxylation is 2. The first-order chi connectivity index (χ1) is 13.5. The van der Waals surface area contributed by atoms with Crippen LogP contribution in [0.1, 0.15) is 45.7 Å². The number of aromatic nitrogens is 2. The fourth-order valence-corrected chi connectivity index (χ4v) is 3.48. The molecule has 0 aliphatic heterocycles. The number of rotatable bonds is 6. The van der Waals surface area contributed by atoms with Crippen LogP contribution in [0.25, 0.3) is 0 Å². The van der Waals surface area contributed by atoms with E-state index in [-0.39, 0.29) is 11.9 Å². The summed E-state index contributed by atoms with van der Waals surface area (Å²) in [6, 6.07) is 12.6. The molecule has 144 valence electrons. The molecule has 4 rings (SSSR count). The Kier molecular flexibility index (Phi) is 4.99. The van der Waals surface area contributed by atoms with E-state index in [4.69, 9.17) is 0 Å². The number of halogens is 1. The van der Waals surface area contributed by atoms with E-state index in [0.717, 1.165) is 25.2 Å². The Hall–Kier alpha value is -2.95. The molecule has 1 fully saturated rings. The largest absolute Gasteiger partial charge is 0.329 e. The number of imidazole rings is 1. The third-order valence-corrected chi connectivity index (χ3v) is 5.28. The van der Waals surface area contributed by atoms with E-state index in [1.165, 1.54) is 28.8 Å². The number of hydrogen-bond donors (Lipinski definition) is 0. The molecule has 1 saturated carbocycles. The Morgan fingerprint density at radius 2 is 2.04 bits per heavy atom. The number of amides is 1. The molecule has 0 atom stereocenters. The van der Waals surface area contributed by atoms with Gasteiger partial charge in [-0.15, -0.1) is 0 Å². The minimum absolute atomic E-state index is 0.136. The lowest BCUT2D eigenvalue weighted by Crippen LogP contribution is -2.33. The van der Waals surface area contributed by atoms with Crippen molar-refractivity contribution in [1.29, 1.82) is 0 Å². The summed E-state index contributed by atoms with van der Waals surface area (Å²) in [6.07, 6.45) is 5.70. The van der Waals surface area contributed by atoms with E-state index in [1.807, 2.05) is 11.1 Å². The van der Waals surface area contributed by atoms with Crippen LogP contribution in [0.4, 0.5) is 4.39 Å². The molecule has 1 aliphatic carbocycles. The van der Waals surface area contributed by atoms with Crippen molar-refractivity contribution in [3.8, 4) is 0 Å². The molecule has 0 unspecified atom stereocenters. The number of hydrogen-bond acceptors (Lipinski definition) is 2. The van der Waals surface area contributed by atoms with Crippen LogP contribution in [0, 0.1) is 19.7 Å². The number of benzene rings is 2. The van der Waals surface area contributed by atoms with Crippen molar-refractivity contribution < 1.29 is 9.18 Å². The number of carbonyl (C=O) groups excluding carboxylic acids is 1. The van der Waals surface area contributed by atoms with E-state index in [1.54, 1.807) is 18.3 Å². The summed E-state index contributed by atoms with van der Waals surface area (Å²) >= 11 is 0. The molecule has 0 spiro atoms. The zero-order valence-electron chi connectivity index (χ0n) is 16.2. The van der Waals surface area contributed by atoms with Gasteiger partial charge in [0.2, 0.25) is 0 Å². The Morgan fingerprint density at radius 1 is 1.21 bits per heavy atom. The Bertz CT molecular complexity index is 1010. The van der Waals surface area contributed by atoms with Gasteiger partial charge in [0, 0.05) is 30.5 Å². The second-order valence-corrected chi connectivity index (χ2v) is 7.58. The van der Waals surface area contributed by atoms with Crippen LogP contribution in [0.15, 0.2) is 54.9 Å². The summed E-state index contributed by atoms with van der Waals surface area (Å²) in [7, 11) is 0. The van der Waals surface area contributed by atoms with Crippen LogP contribution in [-0.2, 0) is 13.1 Å². The fraction of sp³-hybridized carbons (Fsp3) is 0.304. The molecular formula is C23H24FN3O. The van der Waals surface area contributed by atoms with Gasteiger partial charge < -0.3 is 9.47 Å². The summed E-state index contributed by atoms with van der Waals surface area (Å²) in [6.45, 7) is 5.34. The van der Waals surface area contributed by atoms with Gasteiger partial charge in [-0.25, -0.2) is 9.37 Å². The van der Waals surface area contributed by atoms with Gasteiger partial charge in [0.1, 0.15) is 11.6 Å². The van der Waals surface area contributed by atoms with Crippen molar-refractivity contribution in [3.05, 3.63) is 88.8 Å². The summed E-state index contributed by atoms with van der Waals surface area (Å²) in [5, 5.41) is 0. The first-order valence-corrected chi connectivity index (χ1v) is 9.64. The first-order valence-electron chi connectivity index (χ1n) is 9.64. The second kappa shape index (κ2) is 7.58. The molecule has 1 aromatic heterocycles. The summed E-state index contributed by atoms with van der Waals surface area (Å²) in [5.41, 5.74) is 4.09. The Labute approximate surface area is 164 Å². The third kappa shape index (κ3) is 3.98. The van der Waals surface area contributed by atoms with Gasteiger partial charge in [0.15, 0.2) is 0 Å². The molecule has 3 aromatic rings. The van der Waals surface area contributed by atoms with Crippen molar-refractivity contribution in [3.63, 3.8) is 0 Å². The monoisotopic (exact) mass is 377 g/mol. The third-order valence-electron chi connectivity index (χ3n) is 5.28. The second-order valence-electron chi connectivity index (χ2n) is 7.58. The first kappa shape index (κ1) is 18.4. The van der Waals surface area contributed by atoms with Crippen molar-refractivity contribution in [1.82, 2.24) is 14.5 Å². The zero-order valence-corrected chi connectivity index (χ0v) is 16.2. The van der Waals surface area contributed by atoms with Gasteiger partial charge in [-0.3, -0.25) is 4.79 Å². The average Bonchev–Trinajstić information content (AvgIpc) is 3.43. The molecule has 28 heavy (non-hydrogen) atoms. The van der Waals surface area contributed by atoms with Gasteiger partial charge in [0.25, 0.3) is 5.91 Å². The van der Waals surface area contributed by atoms with Gasteiger partial charge in [-0.1, -0.05) is 29.8 Å². The molecule has 0 N–H and O–H groups in total. The highest BCUT2D eigenvalue weighted by Crippen LogP contribution is 2.30. The molecule has 1 aliphatic rings. The van der Waals surface area contributed by atoms with E-state index < -0.39 is 5.82 Å². The molecule has 1 heterocycles. The standard InChI is InChI=1S/C23H24FN3O/c1-16-6-7-17(2)19(12-16)14-26-11-10-25-22(26)15-27(21-8-9-21)23(28)18-4-3-5-20(24)13-18/h3-7,10-13,21H,8-9,14-15H2,1-2H3. The Balaban J connectivity index is 1.57. The maximum atomic E-state index is 13.6. The van der Waals surface area contributed by atoms with Gasteiger partial charge in [-0.2, -0.15) is 0 Å². The molecule has 5 heteroatoms. The van der Waals surface area contributed by atoms with E-state index in [0.29, 0.717) is 12.1 Å². The van der Waals surface area contributed by atoms with Crippen LogP contribution in [0.3, 0.4) is 0 Å². The lowest BCUT2D eigenvalue weighted by atomic mass is 10.1. The highest BCUT2D eigenvalue weighted by molar-refractivity contribution is 5.94. The Morgan fingerprint density at radius 3 is 2.79 bits per heavy atom. The van der Waals surface area contributed by atoms with Crippen molar-refractivity contribution >= 4 is 5.91 Å². The predicted octanol–water partition coefficient (Wildman–Crippen LogP) is 4.49. The van der Waals surface area contributed by atoms with E-state index in [9.17, 15) is 9.18 Å². The van der Waals surface area contributed by atoms with Gasteiger partial charge in [0.05, 0.1) is 6.54 Å². The van der Waals surface area contributed by atoms with Gasteiger partial charge >= 0.3 is 0 Å². The quantitative estimate of drug-likeness (QED) is 0.635. The van der Waals surface area contributed by atoms with Crippen LogP contribution >= 0.6 is 0 Å². The molecule has 0 radical (unpaired) electrons. The molecule has 4 nitrogen and oxygen atoms in total. The normalized spacial score (nSPS) is 13.5. The van der Waals surface area contributed by atoms with Crippen LogP contribution in [0.5, 0.6) is 0 Å². The summed E-state index contributed by atoms with van der Waals surface area (Å²) in [4.78, 5) is 19.3. The highest BCUT2D eigenvalue weighted by atomic mass is 19.1.